The summed E-state index contributed by atoms with van der Waals surface area (Å²) < 4.78 is 16.3. The number of ether oxygens (including phenoxy) is 3. The highest BCUT2D eigenvalue weighted by atomic mass is 79.9. The fraction of sp³-hybridized carbons (Fsp3) is 0.423. The van der Waals surface area contributed by atoms with Crippen LogP contribution >= 0.6 is 15.9 Å². The van der Waals surface area contributed by atoms with Crippen LogP contribution in [0.15, 0.2) is 46.9 Å². The van der Waals surface area contributed by atoms with E-state index >= 15 is 0 Å². The molecular weight excluding hydrogens is 516 g/mol. The van der Waals surface area contributed by atoms with Crippen LogP contribution < -0.4 is 20.1 Å². The highest BCUT2D eigenvalue weighted by Crippen LogP contribution is 2.31. The van der Waals surface area contributed by atoms with E-state index in [2.05, 4.69) is 53.4 Å². The van der Waals surface area contributed by atoms with E-state index in [0.29, 0.717) is 31.6 Å². The van der Waals surface area contributed by atoms with Crippen LogP contribution in [0, 0.1) is 0 Å². The monoisotopic (exact) mass is 548 g/mol. The minimum Gasteiger partial charge on any atom is -0.492 e. The molecule has 0 atom stereocenters. The standard InChI is InChI=1S/C26H33BrN2O6/c1-5-33-25(32)35-20-11-8-18(9-12-20)24(31)29-15-14-28-23(30)7-6-16-34-22-13-10-19(17-21(22)27)26(2,3)4/h8-13,17H,5-7,14-16H2,1-4H3,(H,28,30)(H,29,31). The lowest BCUT2D eigenvalue weighted by atomic mass is 9.87. The molecule has 2 rings (SSSR count). The molecule has 2 aromatic carbocycles. The molecule has 0 saturated carbocycles. The lowest BCUT2D eigenvalue weighted by Gasteiger charge is -2.20. The van der Waals surface area contributed by atoms with Crippen molar-refractivity contribution >= 4 is 33.9 Å². The average Bonchev–Trinajstić information content (AvgIpc) is 2.80. The summed E-state index contributed by atoms with van der Waals surface area (Å²) in [5.74, 6) is 0.635. The van der Waals surface area contributed by atoms with Crippen molar-refractivity contribution in [3.63, 3.8) is 0 Å². The summed E-state index contributed by atoms with van der Waals surface area (Å²) in [6.45, 7) is 9.38. The van der Waals surface area contributed by atoms with Crippen molar-refractivity contribution in [3.05, 3.63) is 58.1 Å². The molecule has 9 heteroatoms. The van der Waals surface area contributed by atoms with Crippen molar-refractivity contribution < 1.29 is 28.6 Å². The summed E-state index contributed by atoms with van der Waals surface area (Å²) in [5.41, 5.74) is 1.68. The van der Waals surface area contributed by atoms with E-state index in [4.69, 9.17) is 14.2 Å². The molecular formula is C26H33BrN2O6. The second kappa shape index (κ2) is 13.7. The van der Waals surface area contributed by atoms with Gasteiger partial charge in [0.15, 0.2) is 0 Å². The topological polar surface area (TPSA) is 103 Å². The Kier molecular flexibility index (Phi) is 11.0. The smallest absolute Gasteiger partial charge is 0.492 e. The van der Waals surface area contributed by atoms with Crippen molar-refractivity contribution in [1.29, 1.82) is 0 Å². The molecule has 0 heterocycles. The summed E-state index contributed by atoms with van der Waals surface area (Å²) >= 11 is 3.55. The Balaban J connectivity index is 1.62. The van der Waals surface area contributed by atoms with Crippen molar-refractivity contribution in [2.75, 3.05) is 26.3 Å². The van der Waals surface area contributed by atoms with E-state index in [0.717, 1.165) is 10.2 Å². The predicted molar refractivity (Wildman–Crippen MR) is 137 cm³/mol. The fourth-order valence-electron chi connectivity index (χ4n) is 2.99. The summed E-state index contributed by atoms with van der Waals surface area (Å²) in [5, 5.41) is 5.51. The number of carbonyl (C=O) groups excluding carboxylic acids is 3. The van der Waals surface area contributed by atoms with E-state index in [1.54, 1.807) is 6.92 Å². The normalized spacial score (nSPS) is 10.9. The van der Waals surface area contributed by atoms with E-state index < -0.39 is 6.16 Å². The van der Waals surface area contributed by atoms with Crippen LogP contribution in [0.3, 0.4) is 0 Å². The molecule has 190 valence electrons. The largest absolute Gasteiger partial charge is 0.513 e. The third-order valence-electron chi connectivity index (χ3n) is 4.92. The van der Waals surface area contributed by atoms with Gasteiger partial charge in [-0.15, -0.1) is 0 Å². The minimum atomic E-state index is -0.797. The zero-order valence-corrected chi connectivity index (χ0v) is 22.2. The Bertz CT molecular complexity index is 1000. The second-order valence-corrected chi connectivity index (χ2v) is 9.62. The molecule has 2 amide bonds. The molecule has 2 aromatic rings. The van der Waals surface area contributed by atoms with Gasteiger partial charge in [0.05, 0.1) is 17.7 Å². The molecule has 0 bridgehead atoms. The first-order chi connectivity index (χ1) is 16.6. The molecule has 8 nitrogen and oxygen atoms in total. The third kappa shape index (κ3) is 9.98. The molecule has 0 radical (unpaired) electrons. The Hall–Kier alpha value is -3.07. The first kappa shape index (κ1) is 28.2. The molecule has 0 fully saturated rings. The van der Waals surface area contributed by atoms with E-state index in [1.165, 1.54) is 29.8 Å². The van der Waals surface area contributed by atoms with E-state index in [1.807, 2.05) is 12.1 Å². The van der Waals surface area contributed by atoms with E-state index in [-0.39, 0.29) is 36.1 Å². The second-order valence-electron chi connectivity index (χ2n) is 8.76. The van der Waals surface area contributed by atoms with Gasteiger partial charge in [-0.3, -0.25) is 9.59 Å². The Morgan fingerprint density at radius 3 is 2.29 bits per heavy atom. The van der Waals surface area contributed by atoms with Crippen molar-refractivity contribution in [2.24, 2.45) is 0 Å². The first-order valence-electron chi connectivity index (χ1n) is 11.5. The van der Waals surface area contributed by atoms with Gasteiger partial charge in [-0.05, 0) is 76.7 Å². The molecule has 0 unspecified atom stereocenters. The Morgan fingerprint density at radius 1 is 0.971 bits per heavy atom. The maximum Gasteiger partial charge on any atom is 0.513 e. The average molecular weight is 549 g/mol. The van der Waals surface area contributed by atoms with Crippen LogP contribution in [-0.4, -0.2) is 44.3 Å². The quantitative estimate of drug-likeness (QED) is 0.233. The van der Waals surface area contributed by atoms with Gasteiger partial charge in [-0.2, -0.15) is 0 Å². The summed E-state index contributed by atoms with van der Waals surface area (Å²) in [6.07, 6.45) is 0.106. The number of rotatable bonds is 11. The maximum atomic E-state index is 12.2. The van der Waals surface area contributed by atoms with Gasteiger partial charge < -0.3 is 24.8 Å². The predicted octanol–water partition coefficient (Wildman–Crippen LogP) is 4.99. The van der Waals surface area contributed by atoms with Gasteiger partial charge in [0.1, 0.15) is 11.5 Å². The minimum absolute atomic E-state index is 0.0591. The molecule has 0 aliphatic rings. The SMILES string of the molecule is CCOC(=O)Oc1ccc(C(=O)NCCNC(=O)CCCOc2ccc(C(C)(C)C)cc2Br)cc1. The first-order valence-corrected chi connectivity index (χ1v) is 12.3. The van der Waals surface area contributed by atoms with Crippen LogP contribution in [-0.2, 0) is 14.9 Å². The van der Waals surface area contributed by atoms with Gasteiger partial charge in [0.25, 0.3) is 5.91 Å². The van der Waals surface area contributed by atoms with E-state index in [9.17, 15) is 14.4 Å². The highest BCUT2D eigenvalue weighted by Gasteiger charge is 2.15. The van der Waals surface area contributed by atoms with Gasteiger partial charge in [0.2, 0.25) is 5.91 Å². The lowest BCUT2D eigenvalue weighted by molar-refractivity contribution is -0.121. The van der Waals surface area contributed by atoms with Crippen LogP contribution in [0.5, 0.6) is 11.5 Å². The fourth-order valence-corrected chi connectivity index (χ4v) is 3.48. The summed E-state index contributed by atoms with van der Waals surface area (Å²) in [6, 6.07) is 12.1. The van der Waals surface area contributed by atoms with Gasteiger partial charge in [-0.1, -0.05) is 26.8 Å². The number of hydrogen-bond acceptors (Lipinski definition) is 6. The molecule has 0 aliphatic carbocycles. The number of hydrogen-bond donors (Lipinski definition) is 2. The molecule has 0 saturated heterocycles. The third-order valence-corrected chi connectivity index (χ3v) is 5.54. The Labute approximate surface area is 214 Å². The van der Waals surface area contributed by atoms with Gasteiger partial charge >= 0.3 is 6.16 Å². The number of nitrogens with one attached hydrogen (secondary N) is 2. The zero-order chi connectivity index (χ0) is 25.8. The summed E-state index contributed by atoms with van der Waals surface area (Å²) in [4.78, 5) is 35.5. The highest BCUT2D eigenvalue weighted by molar-refractivity contribution is 9.10. The van der Waals surface area contributed by atoms with Crippen LogP contribution in [0.1, 0.15) is 56.5 Å². The molecule has 35 heavy (non-hydrogen) atoms. The molecule has 0 aromatic heterocycles. The lowest BCUT2D eigenvalue weighted by Crippen LogP contribution is -2.34. The maximum absolute atomic E-state index is 12.2. The van der Waals surface area contributed by atoms with Gasteiger partial charge in [0, 0.05) is 25.1 Å². The number of carbonyl (C=O) groups is 3. The Morgan fingerprint density at radius 2 is 1.66 bits per heavy atom. The van der Waals surface area contributed by atoms with Crippen molar-refractivity contribution in [2.45, 2.75) is 46.0 Å². The van der Waals surface area contributed by atoms with Crippen molar-refractivity contribution in [1.82, 2.24) is 10.6 Å². The van der Waals surface area contributed by atoms with Crippen LogP contribution in [0.4, 0.5) is 4.79 Å². The molecule has 0 spiro atoms. The number of amides is 2. The van der Waals surface area contributed by atoms with Gasteiger partial charge in [-0.25, -0.2) is 4.79 Å². The van der Waals surface area contributed by atoms with Crippen LogP contribution in [0.25, 0.3) is 0 Å². The van der Waals surface area contributed by atoms with Crippen LogP contribution in [0.2, 0.25) is 0 Å². The summed E-state index contributed by atoms with van der Waals surface area (Å²) in [7, 11) is 0. The molecule has 2 N–H and O–H groups in total. The zero-order valence-electron chi connectivity index (χ0n) is 20.6. The number of benzene rings is 2. The van der Waals surface area contributed by atoms with Crippen molar-refractivity contribution in [3.8, 4) is 11.5 Å². The molecule has 0 aliphatic heterocycles. The number of halogens is 1.